The van der Waals surface area contributed by atoms with Crippen molar-refractivity contribution in [3.8, 4) is 0 Å². The van der Waals surface area contributed by atoms with E-state index in [9.17, 15) is 28.8 Å². The minimum absolute atomic E-state index is 0.0109. The van der Waals surface area contributed by atoms with Crippen LogP contribution in [0.4, 0.5) is 0 Å². The number of rotatable bonds is 16. The molecular weight excluding hydrogens is 560 g/mol. The van der Waals surface area contributed by atoms with Crippen molar-refractivity contribution in [2.45, 2.75) is 6.92 Å². The van der Waals surface area contributed by atoms with Gasteiger partial charge in [-0.15, -0.1) is 0 Å². The Morgan fingerprint density at radius 1 is 0.571 bits per heavy atom. The Morgan fingerprint density at radius 2 is 0.881 bits per heavy atom. The summed E-state index contributed by atoms with van der Waals surface area (Å²) in [4.78, 5) is 87.9. The van der Waals surface area contributed by atoms with Crippen LogP contribution in [0, 0.1) is 0 Å². The largest absolute Gasteiger partial charge is 0.480 e. The second kappa shape index (κ2) is 21.3. The van der Waals surface area contributed by atoms with Crippen LogP contribution in [0.1, 0.15) is 6.92 Å². The van der Waals surface area contributed by atoms with Gasteiger partial charge in [0.25, 0.3) is 0 Å². The molecule has 0 atom stereocenters. The minimum Gasteiger partial charge on any atom is -0.480 e. The number of likely N-dealkylation sites (N-methyl/N-ethyl adjacent to an activating group) is 1. The van der Waals surface area contributed by atoms with Crippen LogP contribution in [0.5, 0.6) is 0 Å². The molecule has 18 heteroatoms. The lowest BCUT2D eigenvalue weighted by Gasteiger charge is -2.33. The first kappa shape index (κ1) is 36.6. The van der Waals surface area contributed by atoms with Crippen molar-refractivity contribution in [2.75, 3.05) is 112 Å². The van der Waals surface area contributed by atoms with Crippen LogP contribution in [0.2, 0.25) is 0 Å². The van der Waals surface area contributed by atoms with Gasteiger partial charge in [0, 0.05) is 58.9 Å². The average molecular weight is 605 g/mol. The third kappa shape index (κ3) is 18.1. The summed E-state index contributed by atoms with van der Waals surface area (Å²) < 4.78 is 0. The molecule has 0 spiro atoms. The van der Waals surface area contributed by atoms with Crippen molar-refractivity contribution in [3.05, 3.63) is 0 Å². The summed E-state index contributed by atoms with van der Waals surface area (Å²) in [5, 5.41) is 27.7. The number of nitrogens with one attached hydrogen (secondary N) is 4. The number of carboxylic acids is 2. The fourth-order valence-corrected chi connectivity index (χ4v) is 3.96. The van der Waals surface area contributed by atoms with Gasteiger partial charge in [0.05, 0.1) is 33.3 Å². The van der Waals surface area contributed by atoms with Gasteiger partial charge < -0.3 is 31.5 Å². The molecule has 42 heavy (non-hydrogen) atoms. The zero-order valence-corrected chi connectivity index (χ0v) is 24.3. The summed E-state index contributed by atoms with van der Waals surface area (Å²) in [7, 11) is 1.32. The second-order valence-electron chi connectivity index (χ2n) is 9.43. The normalized spacial score (nSPS) is 16.4. The van der Waals surface area contributed by atoms with Crippen LogP contribution in [0.15, 0.2) is 0 Å². The number of hydrogen-bond donors (Lipinski definition) is 6. The zero-order valence-electron chi connectivity index (χ0n) is 24.3. The fraction of sp³-hybridized carbons (Fsp3) is 0.750. The first-order valence-electron chi connectivity index (χ1n) is 13.6. The fourth-order valence-electron chi connectivity index (χ4n) is 3.96. The monoisotopic (exact) mass is 604 g/mol. The van der Waals surface area contributed by atoms with Crippen LogP contribution in [0.25, 0.3) is 0 Å². The molecular formula is C24H44N8O10. The summed E-state index contributed by atoms with van der Waals surface area (Å²) in [6, 6.07) is 0. The van der Waals surface area contributed by atoms with Gasteiger partial charge in [0.2, 0.25) is 23.6 Å². The van der Waals surface area contributed by atoms with Crippen LogP contribution >= 0.6 is 0 Å². The van der Waals surface area contributed by atoms with Crippen molar-refractivity contribution < 1.29 is 48.8 Å². The molecule has 0 aliphatic carbocycles. The zero-order chi connectivity index (χ0) is 31.3. The van der Waals surface area contributed by atoms with Gasteiger partial charge in [-0.2, -0.15) is 0 Å². The standard InChI is InChI=1S/C24H44N8O10/c1-3-25-19(33)14-29-4-6-30(15-20(34)26-12-23(37)38)7-8-31(16-21(35)27-13-24(39)40)9-11-32(10-5-29)17-22(36)28-18-42-41-2/h3-18H2,1-2H3,(H,25,33)(H,26,34)(H,27,35)(H,28,36)(H,37,38)(H,39,40). The summed E-state index contributed by atoms with van der Waals surface area (Å²) in [6.45, 7) is 3.87. The van der Waals surface area contributed by atoms with Crippen molar-refractivity contribution in [2.24, 2.45) is 0 Å². The van der Waals surface area contributed by atoms with E-state index in [-0.39, 0.29) is 44.7 Å². The number of hydrogen-bond acceptors (Lipinski definition) is 12. The SMILES string of the molecule is CCNC(=O)CN1CCN(CC(=O)NCOOC)CCN(CC(=O)NCC(=O)O)CCN(CC(=O)NCC(=O)O)CC1. The van der Waals surface area contributed by atoms with Gasteiger partial charge >= 0.3 is 11.9 Å². The number of nitrogens with zero attached hydrogens (tertiary/aromatic N) is 4. The van der Waals surface area contributed by atoms with Crippen molar-refractivity contribution in [1.82, 2.24) is 40.9 Å². The summed E-state index contributed by atoms with van der Waals surface area (Å²) in [5.41, 5.74) is 0. The van der Waals surface area contributed by atoms with E-state index in [0.29, 0.717) is 58.9 Å². The van der Waals surface area contributed by atoms with Crippen molar-refractivity contribution >= 4 is 35.6 Å². The molecule has 1 heterocycles. The molecule has 4 amide bonds. The van der Waals surface area contributed by atoms with E-state index in [1.807, 2.05) is 16.7 Å². The molecule has 0 aromatic carbocycles. The molecule has 0 saturated carbocycles. The predicted octanol–water partition coefficient (Wildman–Crippen LogP) is -4.60. The molecule has 0 radical (unpaired) electrons. The predicted molar refractivity (Wildman–Crippen MR) is 147 cm³/mol. The van der Waals surface area contributed by atoms with Gasteiger partial charge in [-0.3, -0.25) is 48.4 Å². The van der Waals surface area contributed by atoms with Gasteiger partial charge in [0.15, 0.2) is 6.73 Å². The van der Waals surface area contributed by atoms with E-state index in [1.54, 1.807) is 9.80 Å². The van der Waals surface area contributed by atoms with Crippen molar-refractivity contribution in [3.63, 3.8) is 0 Å². The topological polar surface area (TPSA) is 222 Å². The molecule has 18 nitrogen and oxygen atoms in total. The lowest BCUT2D eigenvalue weighted by molar-refractivity contribution is -0.275. The Labute approximate surface area is 244 Å². The number of aliphatic carboxylic acids is 2. The highest BCUT2D eigenvalue weighted by molar-refractivity contribution is 5.83. The molecule has 240 valence electrons. The molecule has 0 unspecified atom stereocenters. The van der Waals surface area contributed by atoms with Gasteiger partial charge in [-0.25, -0.2) is 9.78 Å². The third-order valence-corrected chi connectivity index (χ3v) is 6.09. The Morgan fingerprint density at radius 3 is 1.17 bits per heavy atom. The molecule has 1 aliphatic heterocycles. The number of amides is 4. The average Bonchev–Trinajstić information content (AvgIpc) is 2.92. The highest BCUT2D eigenvalue weighted by Crippen LogP contribution is 2.02. The van der Waals surface area contributed by atoms with E-state index >= 15 is 0 Å². The van der Waals surface area contributed by atoms with Crippen LogP contribution < -0.4 is 21.3 Å². The highest BCUT2D eigenvalue weighted by Gasteiger charge is 2.21. The molecule has 1 saturated heterocycles. The Kier molecular flexibility index (Phi) is 18.6. The Balaban J connectivity index is 3.08. The second-order valence-corrected chi connectivity index (χ2v) is 9.43. The quantitative estimate of drug-likeness (QED) is 0.0422. The molecule has 1 rings (SSSR count). The van der Waals surface area contributed by atoms with E-state index in [1.165, 1.54) is 7.11 Å². The smallest absolute Gasteiger partial charge is 0.322 e. The molecule has 6 N–H and O–H groups in total. The number of carboxylic acid groups (broad SMARTS) is 2. The van der Waals surface area contributed by atoms with Gasteiger partial charge in [0.1, 0.15) is 13.1 Å². The lowest BCUT2D eigenvalue weighted by Crippen LogP contribution is -2.51. The van der Waals surface area contributed by atoms with E-state index in [0.717, 1.165) is 0 Å². The van der Waals surface area contributed by atoms with Crippen LogP contribution in [-0.4, -0.2) is 177 Å². The molecule has 0 aromatic heterocycles. The Bertz CT molecular complexity index is 893. The first-order valence-corrected chi connectivity index (χ1v) is 13.6. The van der Waals surface area contributed by atoms with E-state index in [2.05, 4.69) is 26.2 Å². The molecule has 1 fully saturated rings. The van der Waals surface area contributed by atoms with Crippen LogP contribution in [-0.2, 0) is 38.5 Å². The first-order chi connectivity index (χ1) is 20.0. The maximum atomic E-state index is 12.5. The lowest BCUT2D eigenvalue weighted by atomic mass is 10.3. The van der Waals surface area contributed by atoms with E-state index < -0.39 is 36.8 Å². The van der Waals surface area contributed by atoms with Crippen LogP contribution in [0.3, 0.4) is 0 Å². The van der Waals surface area contributed by atoms with Crippen molar-refractivity contribution in [1.29, 1.82) is 0 Å². The maximum Gasteiger partial charge on any atom is 0.322 e. The van der Waals surface area contributed by atoms with Gasteiger partial charge in [-0.05, 0) is 6.92 Å². The maximum absolute atomic E-state index is 12.5. The summed E-state index contributed by atoms with van der Waals surface area (Å²) in [6.07, 6.45) is 0. The molecule has 1 aliphatic rings. The number of carbonyl (C=O) groups excluding carboxylic acids is 4. The summed E-state index contributed by atoms with van der Waals surface area (Å²) in [5.74, 6) is -3.83. The number of carbonyl (C=O) groups is 6. The third-order valence-electron chi connectivity index (χ3n) is 6.09. The van der Waals surface area contributed by atoms with Gasteiger partial charge in [-0.1, -0.05) is 0 Å². The molecule has 0 aromatic rings. The summed E-state index contributed by atoms with van der Waals surface area (Å²) >= 11 is 0. The minimum atomic E-state index is -1.18. The Hall–Kier alpha value is -3.42. The highest BCUT2D eigenvalue weighted by atomic mass is 17.2. The van der Waals surface area contributed by atoms with E-state index in [4.69, 9.17) is 15.1 Å². The molecule has 0 bridgehead atoms.